The molecule has 1 heterocycles. The quantitative estimate of drug-likeness (QED) is 0.760. The molecule has 1 aromatic rings. The average molecular weight is 277 g/mol. The predicted molar refractivity (Wildman–Crippen MR) is 74.4 cm³/mol. The molecule has 4 N–H and O–H groups in total. The number of nitrogens with zero attached hydrogens (tertiary/aromatic N) is 1. The largest absolute Gasteiger partial charge is 0.481 e. The van der Waals surface area contributed by atoms with E-state index in [1.807, 2.05) is 0 Å². The number of primary amides is 1. The molecule has 1 aliphatic carbocycles. The molecule has 6 heteroatoms. The first-order valence-corrected chi connectivity index (χ1v) is 6.77. The lowest BCUT2D eigenvalue weighted by Gasteiger charge is -2.38. The Labute approximate surface area is 117 Å². The van der Waals surface area contributed by atoms with Gasteiger partial charge in [-0.2, -0.15) is 0 Å². The third-order valence-electron chi connectivity index (χ3n) is 3.72. The number of carboxylic acids is 1. The van der Waals surface area contributed by atoms with Gasteiger partial charge in [0, 0.05) is 17.4 Å². The maximum atomic E-state index is 11.1. The molecule has 0 aliphatic heterocycles. The van der Waals surface area contributed by atoms with E-state index in [0.717, 1.165) is 32.1 Å². The Kier molecular flexibility index (Phi) is 4.22. The van der Waals surface area contributed by atoms with Crippen LogP contribution in [0.5, 0.6) is 0 Å². The number of aliphatic carboxylic acids is 1. The summed E-state index contributed by atoms with van der Waals surface area (Å²) in [5.74, 6) is -1.41. The lowest BCUT2D eigenvalue weighted by molar-refractivity contribution is -0.138. The molecule has 0 spiro atoms. The van der Waals surface area contributed by atoms with Crippen LogP contribution in [-0.2, 0) is 4.79 Å². The van der Waals surface area contributed by atoms with E-state index in [1.54, 1.807) is 12.1 Å². The number of hydrogen-bond acceptors (Lipinski definition) is 4. The summed E-state index contributed by atoms with van der Waals surface area (Å²) in [5.41, 5.74) is 5.63. The summed E-state index contributed by atoms with van der Waals surface area (Å²) in [5, 5.41) is 12.4. The number of nitrogens with one attached hydrogen (secondary N) is 1. The van der Waals surface area contributed by atoms with E-state index in [2.05, 4.69) is 10.3 Å². The molecule has 2 rings (SSSR count). The highest BCUT2D eigenvalue weighted by atomic mass is 16.4. The molecule has 0 radical (unpaired) electrons. The molecular formula is C14H19N3O3. The van der Waals surface area contributed by atoms with Gasteiger partial charge < -0.3 is 16.2 Å². The van der Waals surface area contributed by atoms with Gasteiger partial charge in [-0.25, -0.2) is 0 Å². The number of nitrogens with two attached hydrogens (primary N) is 1. The number of anilines is 1. The maximum Gasteiger partial charge on any atom is 0.305 e. The Bertz CT molecular complexity index is 510. The molecule has 0 saturated heterocycles. The average Bonchev–Trinajstić information content (AvgIpc) is 2.38. The fraction of sp³-hybridized carbons (Fsp3) is 0.500. The summed E-state index contributed by atoms with van der Waals surface area (Å²) in [6.45, 7) is 0. The standard InChI is InChI=1S/C14H19N3O3/c15-13(20)11-8-10(4-7-16-11)17-14(9-12(18)19)5-2-1-3-6-14/h4,7-8H,1-3,5-6,9H2,(H2,15,20)(H,16,17)(H,18,19). The predicted octanol–water partition coefficient (Wildman–Crippen LogP) is 1.77. The van der Waals surface area contributed by atoms with Crippen LogP contribution < -0.4 is 11.1 Å². The van der Waals surface area contributed by atoms with E-state index in [-0.39, 0.29) is 12.1 Å². The minimum atomic E-state index is -0.816. The van der Waals surface area contributed by atoms with Gasteiger partial charge in [0.25, 0.3) is 5.91 Å². The fourth-order valence-electron chi connectivity index (χ4n) is 2.81. The van der Waals surface area contributed by atoms with Crippen LogP contribution in [0.4, 0.5) is 5.69 Å². The van der Waals surface area contributed by atoms with Crippen LogP contribution >= 0.6 is 0 Å². The van der Waals surface area contributed by atoms with E-state index in [0.29, 0.717) is 5.69 Å². The van der Waals surface area contributed by atoms with E-state index in [9.17, 15) is 9.59 Å². The normalized spacial score (nSPS) is 17.4. The fourth-order valence-corrected chi connectivity index (χ4v) is 2.81. The van der Waals surface area contributed by atoms with Crippen molar-refractivity contribution in [3.05, 3.63) is 24.0 Å². The summed E-state index contributed by atoms with van der Waals surface area (Å²) in [7, 11) is 0. The van der Waals surface area contributed by atoms with Crippen molar-refractivity contribution in [1.82, 2.24) is 4.98 Å². The van der Waals surface area contributed by atoms with Crippen LogP contribution in [-0.4, -0.2) is 27.5 Å². The molecule has 0 bridgehead atoms. The molecule has 1 amide bonds. The second-order valence-corrected chi connectivity index (χ2v) is 5.33. The maximum absolute atomic E-state index is 11.1. The molecule has 108 valence electrons. The number of aromatic nitrogens is 1. The van der Waals surface area contributed by atoms with Gasteiger partial charge in [-0.1, -0.05) is 19.3 Å². The van der Waals surface area contributed by atoms with Gasteiger partial charge in [0.1, 0.15) is 5.69 Å². The van der Waals surface area contributed by atoms with Crippen LogP contribution in [0.1, 0.15) is 49.0 Å². The number of carboxylic acid groups (broad SMARTS) is 1. The number of carbonyl (C=O) groups is 2. The molecule has 0 unspecified atom stereocenters. The summed E-state index contributed by atoms with van der Waals surface area (Å²) in [6, 6.07) is 3.30. The highest BCUT2D eigenvalue weighted by Gasteiger charge is 2.34. The molecule has 0 aromatic carbocycles. The highest BCUT2D eigenvalue weighted by Crippen LogP contribution is 2.34. The Balaban J connectivity index is 2.20. The molecular weight excluding hydrogens is 258 g/mol. The number of rotatable bonds is 5. The van der Waals surface area contributed by atoms with Gasteiger partial charge in [-0.15, -0.1) is 0 Å². The van der Waals surface area contributed by atoms with Gasteiger partial charge in [-0.3, -0.25) is 14.6 Å². The van der Waals surface area contributed by atoms with E-state index < -0.39 is 17.4 Å². The van der Waals surface area contributed by atoms with Crippen molar-refractivity contribution in [3.63, 3.8) is 0 Å². The van der Waals surface area contributed by atoms with Crippen LogP contribution in [0.25, 0.3) is 0 Å². The molecule has 1 saturated carbocycles. The minimum Gasteiger partial charge on any atom is -0.481 e. The summed E-state index contributed by atoms with van der Waals surface area (Å²) < 4.78 is 0. The van der Waals surface area contributed by atoms with Crippen LogP contribution in [0.3, 0.4) is 0 Å². The molecule has 1 aromatic heterocycles. The monoisotopic (exact) mass is 277 g/mol. The van der Waals surface area contributed by atoms with E-state index >= 15 is 0 Å². The van der Waals surface area contributed by atoms with Gasteiger partial charge >= 0.3 is 5.97 Å². The van der Waals surface area contributed by atoms with Crippen molar-refractivity contribution in [3.8, 4) is 0 Å². The van der Waals surface area contributed by atoms with E-state index in [4.69, 9.17) is 10.8 Å². The van der Waals surface area contributed by atoms with Crippen molar-refractivity contribution in [2.75, 3.05) is 5.32 Å². The first-order valence-electron chi connectivity index (χ1n) is 6.77. The zero-order valence-corrected chi connectivity index (χ0v) is 11.3. The third-order valence-corrected chi connectivity index (χ3v) is 3.72. The summed E-state index contributed by atoms with van der Waals surface area (Å²) in [4.78, 5) is 26.1. The SMILES string of the molecule is NC(=O)c1cc(NC2(CC(=O)O)CCCCC2)ccn1. The molecule has 1 aliphatic rings. The van der Waals surface area contributed by atoms with E-state index in [1.165, 1.54) is 6.20 Å². The zero-order valence-electron chi connectivity index (χ0n) is 11.3. The van der Waals surface area contributed by atoms with Crippen molar-refractivity contribution < 1.29 is 14.7 Å². The lowest BCUT2D eigenvalue weighted by atomic mass is 9.79. The Morgan fingerprint density at radius 3 is 2.65 bits per heavy atom. The van der Waals surface area contributed by atoms with Gasteiger partial charge in [-0.05, 0) is 25.0 Å². The minimum absolute atomic E-state index is 0.0707. The first kappa shape index (κ1) is 14.3. The smallest absolute Gasteiger partial charge is 0.305 e. The molecule has 20 heavy (non-hydrogen) atoms. The van der Waals surface area contributed by atoms with Crippen molar-refractivity contribution in [1.29, 1.82) is 0 Å². The highest BCUT2D eigenvalue weighted by molar-refractivity contribution is 5.91. The number of carbonyl (C=O) groups excluding carboxylic acids is 1. The number of pyridine rings is 1. The second-order valence-electron chi connectivity index (χ2n) is 5.33. The van der Waals surface area contributed by atoms with Crippen LogP contribution in [0, 0.1) is 0 Å². The Morgan fingerprint density at radius 2 is 2.05 bits per heavy atom. The topological polar surface area (TPSA) is 105 Å². The molecule has 0 atom stereocenters. The summed E-state index contributed by atoms with van der Waals surface area (Å²) in [6.07, 6.45) is 6.34. The molecule has 1 fully saturated rings. The number of amides is 1. The Hall–Kier alpha value is -2.11. The van der Waals surface area contributed by atoms with Gasteiger partial charge in [0.2, 0.25) is 0 Å². The number of hydrogen-bond donors (Lipinski definition) is 3. The molecule has 6 nitrogen and oxygen atoms in total. The van der Waals surface area contributed by atoms with Gasteiger partial charge in [0.05, 0.1) is 6.42 Å². The van der Waals surface area contributed by atoms with Crippen molar-refractivity contribution in [2.45, 2.75) is 44.1 Å². The van der Waals surface area contributed by atoms with Gasteiger partial charge in [0.15, 0.2) is 0 Å². The van der Waals surface area contributed by atoms with Crippen LogP contribution in [0.2, 0.25) is 0 Å². The van der Waals surface area contributed by atoms with Crippen molar-refractivity contribution in [2.24, 2.45) is 5.73 Å². The zero-order chi connectivity index (χ0) is 14.6. The third kappa shape index (κ3) is 3.46. The summed E-state index contributed by atoms with van der Waals surface area (Å²) >= 11 is 0. The van der Waals surface area contributed by atoms with Crippen molar-refractivity contribution >= 4 is 17.6 Å². The lowest BCUT2D eigenvalue weighted by Crippen LogP contribution is -2.42. The van der Waals surface area contributed by atoms with Crippen LogP contribution in [0.15, 0.2) is 18.3 Å². The Morgan fingerprint density at radius 1 is 1.35 bits per heavy atom. The second kappa shape index (κ2) is 5.90. The first-order chi connectivity index (χ1) is 9.51.